The lowest BCUT2D eigenvalue weighted by atomic mass is 9.90. The lowest BCUT2D eigenvalue weighted by molar-refractivity contribution is -0.104. The second kappa shape index (κ2) is 12.7. The molecular formula is C29H35NO3. The molecule has 1 fully saturated rings. The Morgan fingerprint density at radius 3 is 1.91 bits per heavy atom. The molecular weight excluding hydrogens is 410 g/mol. The van der Waals surface area contributed by atoms with Gasteiger partial charge in [0.05, 0.1) is 32.0 Å². The number of aliphatic hydroxyl groups excluding tert-OH is 1. The predicted octanol–water partition coefficient (Wildman–Crippen LogP) is 5.20. The van der Waals surface area contributed by atoms with Gasteiger partial charge in [-0.1, -0.05) is 91.0 Å². The van der Waals surface area contributed by atoms with Gasteiger partial charge in [0.2, 0.25) is 0 Å². The van der Waals surface area contributed by atoms with Crippen LogP contribution in [0.5, 0.6) is 0 Å². The van der Waals surface area contributed by atoms with Crippen molar-refractivity contribution in [1.82, 2.24) is 4.90 Å². The molecule has 0 aliphatic carbocycles. The maximum atomic E-state index is 9.74. The van der Waals surface area contributed by atoms with Crippen LogP contribution in [0, 0.1) is 0 Å². The van der Waals surface area contributed by atoms with Gasteiger partial charge in [0.1, 0.15) is 0 Å². The molecule has 3 aromatic rings. The Balaban J connectivity index is 1.50. The number of rotatable bonds is 11. The fourth-order valence-electron chi connectivity index (χ4n) is 4.75. The number of hydrogen-bond donors (Lipinski definition) is 1. The van der Waals surface area contributed by atoms with Crippen LogP contribution in [-0.4, -0.2) is 41.4 Å². The summed E-state index contributed by atoms with van der Waals surface area (Å²) in [6.07, 6.45) is 2.84. The number of piperidine rings is 1. The molecule has 4 rings (SSSR count). The zero-order valence-corrected chi connectivity index (χ0v) is 19.3. The molecule has 0 saturated carbocycles. The van der Waals surface area contributed by atoms with E-state index in [1.54, 1.807) is 0 Å². The van der Waals surface area contributed by atoms with Crippen LogP contribution in [0.4, 0.5) is 0 Å². The number of likely N-dealkylation sites (tertiary alicyclic amines) is 1. The van der Waals surface area contributed by atoms with Crippen LogP contribution in [0.25, 0.3) is 0 Å². The Morgan fingerprint density at radius 1 is 0.727 bits per heavy atom. The normalized spacial score (nSPS) is 21.2. The highest BCUT2D eigenvalue weighted by Gasteiger charge is 2.37. The fraction of sp³-hybridized carbons (Fsp3) is 0.379. The third kappa shape index (κ3) is 6.99. The van der Waals surface area contributed by atoms with Gasteiger partial charge in [-0.15, -0.1) is 0 Å². The monoisotopic (exact) mass is 445 g/mol. The van der Waals surface area contributed by atoms with Gasteiger partial charge in [-0.05, 0) is 36.0 Å². The molecule has 174 valence electrons. The van der Waals surface area contributed by atoms with Crippen LogP contribution < -0.4 is 0 Å². The van der Waals surface area contributed by atoms with Gasteiger partial charge in [0, 0.05) is 19.2 Å². The van der Waals surface area contributed by atoms with Crippen molar-refractivity contribution in [3.05, 3.63) is 108 Å². The van der Waals surface area contributed by atoms with Gasteiger partial charge in [-0.3, -0.25) is 4.90 Å². The third-order valence-corrected chi connectivity index (χ3v) is 6.49. The molecule has 3 unspecified atom stereocenters. The maximum absolute atomic E-state index is 9.74. The Hall–Kier alpha value is -2.50. The molecule has 1 heterocycles. The Labute approximate surface area is 197 Å². The molecule has 33 heavy (non-hydrogen) atoms. The summed E-state index contributed by atoms with van der Waals surface area (Å²) in [5, 5.41) is 9.74. The van der Waals surface area contributed by atoms with E-state index in [4.69, 9.17) is 9.47 Å². The Bertz CT molecular complexity index is 919. The number of benzene rings is 3. The minimum atomic E-state index is 0.0830. The molecule has 3 atom stereocenters. The van der Waals surface area contributed by atoms with Gasteiger partial charge in [0.25, 0.3) is 0 Å². The van der Waals surface area contributed by atoms with Crippen LogP contribution in [0.1, 0.15) is 36.0 Å². The largest absolute Gasteiger partial charge is 0.396 e. The van der Waals surface area contributed by atoms with E-state index in [2.05, 4.69) is 71.6 Å². The molecule has 4 nitrogen and oxygen atoms in total. The van der Waals surface area contributed by atoms with Crippen molar-refractivity contribution < 1.29 is 14.6 Å². The number of ether oxygens (including phenoxy) is 2. The van der Waals surface area contributed by atoms with Gasteiger partial charge in [-0.2, -0.15) is 0 Å². The first-order valence-electron chi connectivity index (χ1n) is 12.0. The number of nitrogens with zero attached hydrogens (tertiary/aromatic N) is 1. The number of hydrogen-bond acceptors (Lipinski definition) is 4. The number of aliphatic hydroxyl groups is 1. The Morgan fingerprint density at radius 2 is 1.30 bits per heavy atom. The van der Waals surface area contributed by atoms with Crippen LogP contribution >= 0.6 is 0 Å². The van der Waals surface area contributed by atoms with Gasteiger partial charge in [0.15, 0.2) is 0 Å². The summed E-state index contributed by atoms with van der Waals surface area (Å²) in [5.41, 5.74) is 3.64. The van der Waals surface area contributed by atoms with Crippen molar-refractivity contribution in [3.63, 3.8) is 0 Å². The summed E-state index contributed by atoms with van der Waals surface area (Å²) >= 11 is 0. The first-order valence-corrected chi connectivity index (χ1v) is 12.0. The average molecular weight is 446 g/mol. The van der Waals surface area contributed by atoms with E-state index in [0.29, 0.717) is 25.9 Å². The van der Waals surface area contributed by atoms with Crippen molar-refractivity contribution in [2.75, 3.05) is 13.2 Å². The van der Waals surface area contributed by atoms with E-state index < -0.39 is 0 Å². The molecule has 3 aromatic carbocycles. The van der Waals surface area contributed by atoms with E-state index in [0.717, 1.165) is 25.8 Å². The Kier molecular flexibility index (Phi) is 9.08. The minimum Gasteiger partial charge on any atom is -0.396 e. The molecule has 0 radical (unpaired) electrons. The standard InChI is InChI=1S/C29H35NO3/c31-19-18-27-16-17-29(33-22-26-14-8-3-9-15-26)28(23-32-21-25-12-6-2-7-13-25)30(27)20-24-10-4-1-5-11-24/h1-15,27-29,31H,16-23H2. The highest BCUT2D eigenvalue weighted by Crippen LogP contribution is 2.30. The highest BCUT2D eigenvalue weighted by atomic mass is 16.5. The van der Waals surface area contributed by atoms with Crippen LogP contribution in [0.15, 0.2) is 91.0 Å². The molecule has 1 saturated heterocycles. The molecule has 0 bridgehead atoms. The topological polar surface area (TPSA) is 41.9 Å². The lowest BCUT2D eigenvalue weighted by Gasteiger charge is -2.46. The smallest absolute Gasteiger partial charge is 0.0758 e. The van der Waals surface area contributed by atoms with E-state index in [1.807, 2.05) is 24.3 Å². The van der Waals surface area contributed by atoms with Crippen LogP contribution in [-0.2, 0) is 29.2 Å². The average Bonchev–Trinajstić information content (AvgIpc) is 2.87. The summed E-state index contributed by atoms with van der Waals surface area (Å²) in [6.45, 7) is 2.82. The zero-order valence-electron chi connectivity index (χ0n) is 19.3. The van der Waals surface area contributed by atoms with E-state index >= 15 is 0 Å². The fourth-order valence-corrected chi connectivity index (χ4v) is 4.75. The molecule has 0 amide bonds. The maximum Gasteiger partial charge on any atom is 0.0758 e. The summed E-state index contributed by atoms with van der Waals surface area (Å²) in [7, 11) is 0. The first kappa shape index (κ1) is 23.7. The van der Waals surface area contributed by atoms with Gasteiger partial charge >= 0.3 is 0 Å². The van der Waals surface area contributed by atoms with Crippen molar-refractivity contribution in [2.24, 2.45) is 0 Å². The second-order valence-electron chi connectivity index (χ2n) is 8.80. The van der Waals surface area contributed by atoms with Crippen molar-refractivity contribution in [2.45, 2.75) is 57.2 Å². The van der Waals surface area contributed by atoms with Crippen LogP contribution in [0.3, 0.4) is 0 Å². The van der Waals surface area contributed by atoms with Crippen molar-refractivity contribution >= 4 is 0 Å². The molecule has 4 heteroatoms. The highest BCUT2D eigenvalue weighted by molar-refractivity contribution is 5.16. The minimum absolute atomic E-state index is 0.0830. The zero-order chi connectivity index (χ0) is 22.7. The molecule has 0 aromatic heterocycles. The molecule has 1 aliphatic heterocycles. The van der Waals surface area contributed by atoms with Crippen LogP contribution in [0.2, 0.25) is 0 Å². The summed E-state index contributed by atoms with van der Waals surface area (Å²) in [5.74, 6) is 0. The summed E-state index contributed by atoms with van der Waals surface area (Å²) in [4.78, 5) is 2.51. The molecule has 1 N–H and O–H groups in total. The van der Waals surface area contributed by atoms with Gasteiger partial charge in [-0.25, -0.2) is 0 Å². The predicted molar refractivity (Wildman–Crippen MR) is 132 cm³/mol. The summed E-state index contributed by atoms with van der Waals surface area (Å²) in [6, 6.07) is 31.7. The van der Waals surface area contributed by atoms with Gasteiger partial charge < -0.3 is 14.6 Å². The lowest BCUT2D eigenvalue weighted by Crippen LogP contribution is -2.56. The van der Waals surface area contributed by atoms with E-state index in [9.17, 15) is 5.11 Å². The molecule has 0 spiro atoms. The van der Waals surface area contributed by atoms with Crippen molar-refractivity contribution in [1.29, 1.82) is 0 Å². The quantitative estimate of drug-likeness (QED) is 0.440. The van der Waals surface area contributed by atoms with E-state index in [-0.39, 0.29) is 18.8 Å². The second-order valence-corrected chi connectivity index (χ2v) is 8.80. The molecule has 1 aliphatic rings. The van der Waals surface area contributed by atoms with Crippen molar-refractivity contribution in [3.8, 4) is 0 Å². The first-order chi connectivity index (χ1) is 16.3. The SMILES string of the molecule is OCCC1CCC(OCc2ccccc2)C(COCc2ccccc2)N1Cc1ccccc1. The summed E-state index contributed by atoms with van der Waals surface area (Å²) < 4.78 is 12.7. The van der Waals surface area contributed by atoms with E-state index in [1.165, 1.54) is 16.7 Å². The third-order valence-electron chi connectivity index (χ3n) is 6.49.